The molecule has 0 unspecified atom stereocenters. The molecule has 1 amide bonds. The van der Waals surface area contributed by atoms with E-state index in [-0.39, 0.29) is 18.6 Å². The Morgan fingerprint density at radius 2 is 2.50 bits per heavy atom. The minimum atomic E-state index is -0.180. The average molecular weight is 257 g/mol. The highest BCUT2D eigenvalue weighted by Crippen LogP contribution is 2.31. The summed E-state index contributed by atoms with van der Waals surface area (Å²) in [5.74, 6) is 2.11. The fourth-order valence-corrected chi connectivity index (χ4v) is 3.88. The third kappa shape index (κ3) is 2.59. The van der Waals surface area contributed by atoms with Crippen LogP contribution in [-0.4, -0.2) is 29.4 Å². The van der Waals surface area contributed by atoms with Crippen LogP contribution in [-0.2, 0) is 12.2 Å². The van der Waals surface area contributed by atoms with Gasteiger partial charge in [-0.1, -0.05) is 0 Å². The second-order valence-electron chi connectivity index (χ2n) is 3.92. The molecule has 3 nitrogen and oxygen atoms in total. The second-order valence-corrected chi connectivity index (χ2v) is 6.16. The summed E-state index contributed by atoms with van der Waals surface area (Å²) < 4.78 is 0. The van der Waals surface area contributed by atoms with Crippen molar-refractivity contribution in [2.24, 2.45) is 0 Å². The van der Waals surface area contributed by atoms with Crippen molar-refractivity contribution < 1.29 is 9.90 Å². The molecule has 0 saturated heterocycles. The van der Waals surface area contributed by atoms with Gasteiger partial charge in [0.05, 0.1) is 11.5 Å². The molecule has 2 rings (SSSR count). The van der Waals surface area contributed by atoms with Crippen molar-refractivity contribution in [3.63, 3.8) is 0 Å². The number of amides is 1. The highest BCUT2D eigenvalue weighted by Gasteiger charge is 2.18. The van der Waals surface area contributed by atoms with Crippen LogP contribution in [0.15, 0.2) is 6.07 Å². The molecule has 0 spiro atoms. The molecule has 16 heavy (non-hydrogen) atoms. The molecule has 0 radical (unpaired) electrons. The number of hydrogen-bond donors (Lipinski definition) is 2. The minimum absolute atomic E-state index is 0.0211. The van der Waals surface area contributed by atoms with Crippen LogP contribution in [0.5, 0.6) is 0 Å². The highest BCUT2D eigenvalue weighted by atomic mass is 32.2. The molecule has 0 bridgehead atoms. The van der Waals surface area contributed by atoms with Crippen molar-refractivity contribution in [3.8, 4) is 0 Å². The van der Waals surface area contributed by atoms with Crippen LogP contribution >= 0.6 is 23.1 Å². The van der Waals surface area contributed by atoms with Gasteiger partial charge < -0.3 is 10.4 Å². The van der Waals surface area contributed by atoms with Gasteiger partial charge in [-0.15, -0.1) is 11.3 Å². The largest absolute Gasteiger partial charge is 0.394 e. The average Bonchev–Trinajstić information content (AvgIpc) is 2.72. The molecule has 0 aliphatic carbocycles. The lowest BCUT2D eigenvalue weighted by molar-refractivity contribution is 0.0926. The first-order valence-corrected chi connectivity index (χ1v) is 7.29. The van der Waals surface area contributed by atoms with E-state index in [0.29, 0.717) is 0 Å². The molecule has 1 atom stereocenters. The Kier molecular flexibility index (Phi) is 3.89. The smallest absolute Gasteiger partial charge is 0.261 e. The first-order valence-electron chi connectivity index (χ1n) is 5.31. The zero-order valence-corrected chi connectivity index (χ0v) is 10.8. The number of aryl methyl sites for hydroxylation is 1. The van der Waals surface area contributed by atoms with Crippen molar-refractivity contribution in [2.45, 2.75) is 25.1 Å². The van der Waals surface area contributed by atoms with Gasteiger partial charge in [0.1, 0.15) is 0 Å². The zero-order chi connectivity index (χ0) is 11.5. The van der Waals surface area contributed by atoms with E-state index in [1.165, 1.54) is 10.4 Å². The van der Waals surface area contributed by atoms with Crippen LogP contribution in [0.2, 0.25) is 0 Å². The quantitative estimate of drug-likeness (QED) is 0.865. The Morgan fingerprint density at radius 3 is 3.19 bits per heavy atom. The number of aliphatic hydroxyl groups is 1. The van der Waals surface area contributed by atoms with E-state index in [4.69, 9.17) is 5.11 Å². The SMILES string of the molecule is C[C@@H](CO)NC(=O)c1cc2c(s1)CCSC2. The van der Waals surface area contributed by atoms with Crippen molar-refractivity contribution in [1.82, 2.24) is 5.32 Å². The molecule has 2 N–H and O–H groups in total. The van der Waals surface area contributed by atoms with Gasteiger partial charge in [-0.3, -0.25) is 4.79 Å². The van der Waals surface area contributed by atoms with E-state index in [2.05, 4.69) is 5.32 Å². The van der Waals surface area contributed by atoms with Crippen LogP contribution in [0.3, 0.4) is 0 Å². The lowest BCUT2D eigenvalue weighted by Gasteiger charge is -2.08. The number of hydrogen-bond acceptors (Lipinski definition) is 4. The Bertz CT molecular complexity index is 366. The molecule has 1 aliphatic heterocycles. The van der Waals surface area contributed by atoms with Crippen LogP contribution < -0.4 is 5.32 Å². The maximum Gasteiger partial charge on any atom is 0.261 e. The van der Waals surface area contributed by atoms with E-state index in [1.54, 1.807) is 18.3 Å². The summed E-state index contributed by atoms with van der Waals surface area (Å²) in [7, 11) is 0. The highest BCUT2D eigenvalue weighted by molar-refractivity contribution is 7.98. The molecule has 1 aromatic heterocycles. The van der Waals surface area contributed by atoms with Gasteiger partial charge in [0.25, 0.3) is 5.91 Å². The number of carbonyl (C=O) groups excluding carboxylic acids is 1. The number of aliphatic hydroxyl groups excluding tert-OH is 1. The minimum Gasteiger partial charge on any atom is -0.394 e. The molecular weight excluding hydrogens is 242 g/mol. The summed E-state index contributed by atoms with van der Waals surface area (Å²) in [5, 5.41) is 11.6. The maximum absolute atomic E-state index is 11.8. The summed E-state index contributed by atoms with van der Waals surface area (Å²) >= 11 is 3.50. The molecule has 0 saturated carbocycles. The topological polar surface area (TPSA) is 49.3 Å². The van der Waals surface area contributed by atoms with Gasteiger partial charge in [-0.25, -0.2) is 0 Å². The fourth-order valence-electron chi connectivity index (χ4n) is 1.60. The summed E-state index contributed by atoms with van der Waals surface area (Å²) in [6.45, 7) is 1.77. The first kappa shape index (κ1) is 12.0. The molecule has 5 heteroatoms. The second kappa shape index (κ2) is 5.21. The van der Waals surface area contributed by atoms with E-state index in [0.717, 1.165) is 22.8 Å². The van der Waals surface area contributed by atoms with E-state index >= 15 is 0 Å². The van der Waals surface area contributed by atoms with Crippen LogP contribution in [0.1, 0.15) is 27.0 Å². The van der Waals surface area contributed by atoms with Gasteiger partial charge in [-0.2, -0.15) is 11.8 Å². The standard InChI is InChI=1S/C11H15NO2S2/c1-7(5-13)12-11(14)10-4-8-6-15-3-2-9(8)16-10/h4,7,13H,2-3,5-6H2,1H3,(H,12,14)/t7-/m0/s1. The predicted octanol–water partition coefficient (Wildman–Crippen LogP) is 1.65. The van der Waals surface area contributed by atoms with Gasteiger partial charge in [-0.05, 0) is 30.7 Å². The lowest BCUT2D eigenvalue weighted by atomic mass is 10.2. The molecule has 88 valence electrons. The Balaban J connectivity index is 2.09. The van der Waals surface area contributed by atoms with Gasteiger partial charge in [0, 0.05) is 16.7 Å². The van der Waals surface area contributed by atoms with Crippen LogP contribution in [0.4, 0.5) is 0 Å². The third-order valence-electron chi connectivity index (χ3n) is 2.50. The van der Waals surface area contributed by atoms with Crippen molar-refractivity contribution in [1.29, 1.82) is 0 Å². The van der Waals surface area contributed by atoms with E-state index < -0.39 is 0 Å². The number of thioether (sulfide) groups is 1. The zero-order valence-electron chi connectivity index (χ0n) is 9.16. The molecule has 0 fully saturated rings. The number of nitrogens with one attached hydrogen (secondary N) is 1. The summed E-state index contributed by atoms with van der Waals surface area (Å²) in [4.78, 5) is 13.9. The number of carbonyl (C=O) groups is 1. The van der Waals surface area contributed by atoms with Gasteiger partial charge in [0.15, 0.2) is 0 Å². The van der Waals surface area contributed by atoms with E-state index in [9.17, 15) is 4.79 Å². The number of thiophene rings is 1. The predicted molar refractivity (Wildman–Crippen MR) is 68.2 cm³/mol. The van der Waals surface area contributed by atoms with Crippen molar-refractivity contribution >= 4 is 29.0 Å². The maximum atomic E-state index is 11.8. The van der Waals surface area contributed by atoms with Crippen LogP contribution in [0, 0.1) is 0 Å². The molecule has 1 aliphatic rings. The summed E-state index contributed by atoms with van der Waals surface area (Å²) in [6, 6.07) is 1.81. The first-order chi connectivity index (χ1) is 7.70. The monoisotopic (exact) mass is 257 g/mol. The Morgan fingerprint density at radius 1 is 1.69 bits per heavy atom. The Labute approximate surface area is 103 Å². The van der Waals surface area contributed by atoms with Crippen LogP contribution in [0.25, 0.3) is 0 Å². The number of fused-ring (bicyclic) bond motifs is 1. The normalized spacial score (nSPS) is 16.6. The summed E-state index contributed by atoms with van der Waals surface area (Å²) in [6.07, 6.45) is 1.08. The molecular formula is C11H15NO2S2. The van der Waals surface area contributed by atoms with Crippen molar-refractivity contribution in [2.75, 3.05) is 12.4 Å². The molecule has 2 heterocycles. The molecule has 1 aromatic rings. The van der Waals surface area contributed by atoms with Gasteiger partial charge in [0.2, 0.25) is 0 Å². The number of rotatable bonds is 3. The third-order valence-corrected chi connectivity index (χ3v) is 4.75. The van der Waals surface area contributed by atoms with E-state index in [1.807, 2.05) is 17.8 Å². The van der Waals surface area contributed by atoms with Gasteiger partial charge >= 0.3 is 0 Å². The fraction of sp³-hybridized carbons (Fsp3) is 0.545. The summed E-state index contributed by atoms with van der Waals surface area (Å²) in [5.41, 5.74) is 1.31. The lowest BCUT2D eigenvalue weighted by Crippen LogP contribution is -2.34. The molecule has 0 aromatic carbocycles. The van der Waals surface area contributed by atoms with Crippen molar-refractivity contribution in [3.05, 3.63) is 21.4 Å². The Hall–Kier alpha value is -0.520.